The smallest absolute Gasteiger partial charge is 0.259 e. The quantitative estimate of drug-likeness (QED) is 0.498. The maximum atomic E-state index is 12.3. The molecule has 0 amide bonds. The molecule has 0 radical (unpaired) electrons. The van der Waals surface area contributed by atoms with Gasteiger partial charge in [0, 0.05) is 35.5 Å². The van der Waals surface area contributed by atoms with Crippen LogP contribution in [0.5, 0.6) is 0 Å². The van der Waals surface area contributed by atoms with Crippen molar-refractivity contribution in [3.63, 3.8) is 0 Å². The van der Waals surface area contributed by atoms with E-state index in [4.69, 9.17) is 5.73 Å². The molecule has 7 heteroatoms. The highest BCUT2D eigenvalue weighted by molar-refractivity contribution is 5.95. The summed E-state index contributed by atoms with van der Waals surface area (Å²) in [5.41, 5.74) is 8.41. The zero-order chi connectivity index (χ0) is 17.2. The van der Waals surface area contributed by atoms with Crippen LogP contribution in [0.3, 0.4) is 0 Å². The minimum atomic E-state index is -0.209. The second-order valence-electron chi connectivity index (χ2n) is 5.50. The van der Waals surface area contributed by atoms with Crippen LogP contribution in [0.15, 0.2) is 66.1 Å². The predicted molar refractivity (Wildman–Crippen MR) is 97.5 cm³/mol. The van der Waals surface area contributed by atoms with Crippen molar-refractivity contribution in [2.45, 2.75) is 0 Å². The number of pyridine rings is 2. The Morgan fingerprint density at radius 1 is 1.04 bits per heavy atom. The van der Waals surface area contributed by atoms with E-state index < -0.39 is 0 Å². The first kappa shape index (κ1) is 14.8. The van der Waals surface area contributed by atoms with Crippen molar-refractivity contribution in [3.8, 4) is 11.3 Å². The van der Waals surface area contributed by atoms with Crippen molar-refractivity contribution in [2.75, 3.05) is 11.1 Å². The highest BCUT2D eigenvalue weighted by Gasteiger charge is 2.11. The first-order valence-corrected chi connectivity index (χ1v) is 7.61. The normalized spacial score (nSPS) is 10.7. The number of hydrogen-bond acceptors (Lipinski definition) is 6. The predicted octanol–water partition coefficient (Wildman–Crippen LogP) is 2.71. The fourth-order valence-electron chi connectivity index (χ4n) is 2.59. The lowest BCUT2D eigenvalue weighted by molar-refractivity contribution is 1.16. The van der Waals surface area contributed by atoms with E-state index in [2.05, 4.69) is 25.3 Å². The number of aromatic nitrogens is 4. The van der Waals surface area contributed by atoms with E-state index in [-0.39, 0.29) is 5.56 Å². The Kier molecular flexibility index (Phi) is 3.59. The number of nitrogens with one attached hydrogen (secondary N) is 2. The second-order valence-corrected chi connectivity index (χ2v) is 5.50. The van der Waals surface area contributed by atoms with Crippen LogP contribution in [0.25, 0.3) is 22.0 Å². The summed E-state index contributed by atoms with van der Waals surface area (Å²) in [4.78, 5) is 27.7. The number of nitrogens with zero attached hydrogens (tertiary/aromatic N) is 3. The van der Waals surface area contributed by atoms with E-state index in [1.54, 1.807) is 30.7 Å². The number of anilines is 3. The van der Waals surface area contributed by atoms with Crippen LogP contribution in [0.4, 0.5) is 17.2 Å². The van der Waals surface area contributed by atoms with E-state index in [1.165, 1.54) is 6.33 Å². The van der Waals surface area contributed by atoms with Crippen LogP contribution in [0.2, 0.25) is 0 Å². The highest BCUT2D eigenvalue weighted by atomic mass is 16.1. The Hall–Kier alpha value is -3.74. The molecule has 4 rings (SSSR count). The van der Waals surface area contributed by atoms with Gasteiger partial charge in [-0.25, -0.2) is 15.0 Å². The molecule has 0 fully saturated rings. The topological polar surface area (TPSA) is 110 Å². The molecule has 0 saturated carbocycles. The molecule has 1 aromatic carbocycles. The van der Waals surface area contributed by atoms with Crippen molar-refractivity contribution < 1.29 is 0 Å². The van der Waals surface area contributed by atoms with Gasteiger partial charge in [-0.15, -0.1) is 0 Å². The summed E-state index contributed by atoms with van der Waals surface area (Å²) in [5, 5.41) is 4.46. The third-order valence-electron chi connectivity index (χ3n) is 3.78. The Morgan fingerprint density at radius 3 is 2.56 bits per heavy atom. The van der Waals surface area contributed by atoms with Gasteiger partial charge in [0.1, 0.15) is 12.1 Å². The van der Waals surface area contributed by atoms with Gasteiger partial charge in [-0.1, -0.05) is 0 Å². The van der Waals surface area contributed by atoms with Crippen LogP contribution < -0.4 is 16.6 Å². The van der Waals surface area contributed by atoms with Gasteiger partial charge >= 0.3 is 0 Å². The van der Waals surface area contributed by atoms with Gasteiger partial charge in [-0.05, 0) is 41.8 Å². The van der Waals surface area contributed by atoms with Gasteiger partial charge < -0.3 is 16.0 Å². The third kappa shape index (κ3) is 2.90. The Bertz CT molecular complexity index is 1090. The summed E-state index contributed by atoms with van der Waals surface area (Å²) in [6.45, 7) is 0. The summed E-state index contributed by atoms with van der Waals surface area (Å²) < 4.78 is 0. The minimum absolute atomic E-state index is 0.209. The number of aromatic amines is 1. The van der Waals surface area contributed by atoms with Gasteiger partial charge in [0.25, 0.3) is 5.56 Å². The molecule has 4 aromatic rings. The number of nitrogen functional groups attached to an aromatic ring is 1. The molecule has 0 saturated heterocycles. The molecule has 0 unspecified atom stereocenters. The van der Waals surface area contributed by atoms with E-state index in [1.807, 2.05) is 24.3 Å². The van der Waals surface area contributed by atoms with Gasteiger partial charge in [-0.2, -0.15) is 0 Å². The standard InChI is InChI=1S/C18H14N6O/c19-13-1-3-14(4-2-13)23-17-16-11(5-6-22-18(16)25)7-15(24-17)12-8-20-10-21-9-12/h1-10H,19H2,(H,22,25)(H,23,24). The molecule has 0 bridgehead atoms. The molecule has 0 aliphatic heterocycles. The van der Waals surface area contributed by atoms with Crippen LogP contribution in [-0.2, 0) is 0 Å². The fraction of sp³-hybridized carbons (Fsp3) is 0. The van der Waals surface area contributed by atoms with E-state index >= 15 is 0 Å². The number of H-pyrrole nitrogens is 1. The Morgan fingerprint density at radius 2 is 1.80 bits per heavy atom. The summed E-state index contributed by atoms with van der Waals surface area (Å²) in [5.74, 6) is 0.461. The molecule has 0 atom stereocenters. The zero-order valence-electron chi connectivity index (χ0n) is 13.1. The lowest BCUT2D eigenvalue weighted by atomic mass is 10.1. The lowest BCUT2D eigenvalue weighted by Crippen LogP contribution is -2.09. The minimum Gasteiger partial charge on any atom is -0.399 e. The van der Waals surface area contributed by atoms with Gasteiger partial charge in [0.15, 0.2) is 0 Å². The van der Waals surface area contributed by atoms with Crippen molar-refractivity contribution in [1.29, 1.82) is 0 Å². The third-order valence-corrected chi connectivity index (χ3v) is 3.78. The van der Waals surface area contributed by atoms with Gasteiger partial charge in [0.2, 0.25) is 0 Å². The molecule has 0 aliphatic rings. The number of hydrogen-bond donors (Lipinski definition) is 3. The molecule has 122 valence electrons. The van der Waals surface area contributed by atoms with E-state index in [0.29, 0.717) is 22.6 Å². The first-order chi connectivity index (χ1) is 12.2. The monoisotopic (exact) mass is 330 g/mol. The van der Waals surface area contributed by atoms with Crippen molar-refractivity contribution in [2.24, 2.45) is 0 Å². The largest absolute Gasteiger partial charge is 0.399 e. The molecule has 4 N–H and O–H groups in total. The SMILES string of the molecule is Nc1ccc(Nc2nc(-c3cncnc3)cc3cc[nH]c(=O)c23)cc1. The first-order valence-electron chi connectivity index (χ1n) is 7.61. The Balaban J connectivity index is 1.91. The van der Waals surface area contributed by atoms with Crippen LogP contribution in [0.1, 0.15) is 0 Å². The fourth-order valence-corrected chi connectivity index (χ4v) is 2.59. The van der Waals surface area contributed by atoms with E-state index in [9.17, 15) is 4.79 Å². The maximum absolute atomic E-state index is 12.3. The Labute approximate surface area is 142 Å². The van der Waals surface area contributed by atoms with Crippen LogP contribution in [0, 0.1) is 0 Å². The summed E-state index contributed by atoms with van der Waals surface area (Å²) in [6, 6.07) is 10.9. The number of benzene rings is 1. The number of rotatable bonds is 3. The van der Waals surface area contributed by atoms with Crippen molar-refractivity contribution in [1.82, 2.24) is 19.9 Å². The molecule has 0 spiro atoms. The number of fused-ring (bicyclic) bond motifs is 1. The van der Waals surface area contributed by atoms with Crippen molar-refractivity contribution in [3.05, 3.63) is 71.7 Å². The molecule has 25 heavy (non-hydrogen) atoms. The van der Waals surface area contributed by atoms with Crippen LogP contribution >= 0.6 is 0 Å². The average Bonchev–Trinajstić information content (AvgIpc) is 2.64. The summed E-state index contributed by atoms with van der Waals surface area (Å²) in [6.07, 6.45) is 6.44. The second kappa shape index (κ2) is 6.04. The molecule has 3 aromatic heterocycles. The maximum Gasteiger partial charge on any atom is 0.259 e. The van der Waals surface area contributed by atoms with Gasteiger partial charge in [0.05, 0.1) is 11.1 Å². The molecule has 0 aliphatic carbocycles. The van der Waals surface area contributed by atoms with Gasteiger partial charge in [-0.3, -0.25) is 4.79 Å². The molecular weight excluding hydrogens is 316 g/mol. The van der Waals surface area contributed by atoms with Crippen molar-refractivity contribution >= 4 is 28.0 Å². The average molecular weight is 330 g/mol. The van der Waals surface area contributed by atoms with E-state index in [0.717, 1.165) is 16.6 Å². The summed E-state index contributed by atoms with van der Waals surface area (Å²) in [7, 11) is 0. The summed E-state index contributed by atoms with van der Waals surface area (Å²) >= 11 is 0. The zero-order valence-corrected chi connectivity index (χ0v) is 13.1. The molecular formula is C18H14N6O. The number of nitrogens with two attached hydrogens (primary N) is 1. The highest BCUT2D eigenvalue weighted by Crippen LogP contribution is 2.27. The molecule has 3 heterocycles. The lowest BCUT2D eigenvalue weighted by Gasteiger charge is -2.11. The molecule has 7 nitrogen and oxygen atoms in total. The van der Waals surface area contributed by atoms with Crippen LogP contribution in [-0.4, -0.2) is 19.9 Å².